The summed E-state index contributed by atoms with van der Waals surface area (Å²) in [5.41, 5.74) is 5.58. The number of carboxylic acids is 2. The van der Waals surface area contributed by atoms with Crippen molar-refractivity contribution in [2.24, 2.45) is 0 Å². The predicted octanol–water partition coefficient (Wildman–Crippen LogP) is 7.10. The molecule has 0 saturated carbocycles. The number of aliphatic carboxylic acids is 2. The van der Waals surface area contributed by atoms with Gasteiger partial charge >= 0.3 is 11.9 Å². The molecule has 36 heavy (non-hydrogen) atoms. The molecule has 0 spiro atoms. The summed E-state index contributed by atoms with van der Waals surface area (Å²) in [5, 5.41) is 17.8. The number of carboxylic acid groups (broad SMARTS) is 2. The van der Waals surface area contributed by atoms with E-state index in [0.717, 1.165) is 51.6 Å². The molecule has 0 fully saturated rings. The highest BCUT2D eigenvalue weighted by molar-refractivity contribution is 8.93. The van der Waals surface area contributed by atoms with E-state index in [9.17, 15) is 9.59 Å². The normalized spacial score (nSPS) is 20.8. The van der Waals surface area contributed by atoms with Crippen LogP contribution in [0.5, 0.6) is 0 Å². The first-order valence-corrected chi connectivity index (χ1v) is 13.0. The van der Waals surface area contributed by atoms with Gasteiger partial charge in [-0.3, -0.25) is 9.59 Å². The molecule has 2 N–H and O–H groups in total. The summed E-state index contributed by atoms with van der Waals surface area (Å²) in [5.74, 6) is -1.42. The Morgan fingerprint density at radius 3 is 1.33 bits per heavy atom. The lowest BCUT2D eigenvalue weighted by Gasteiger charge is -2.33. The Kier molecular flexibility index (Phi) is 11.8. The Labute approximate surface area is 238 Å². The molecular formula is C28H46Br2N2O4. The van der Waals surface area contributed by atoms with E-state index in [4.69, 9.17) is 10.2 Å². The Bertz CT molecular complexity index is 845. The van der Waals surface area contributed by atoms with Crippen molar-refractivity contribution < 1.29 is 19.8 Å². The third-order valence-corrected chi connectivity index (χ3v) is 8.72. The average Bonchev–Trinajstić information content (AvgIpc) is 3.05. The molecule has 206 valence electrons. The number of benzene rings is 1. The van der Waals surface area contributed by atoms with Gasteiger partial charge in [-0.2, -0.15) is 0 Å². The molecule has 2 aliphatic rings. The number of carbonyl (C=O) groups is 2. The maximum Gasteiger partial charge on any atom is 0.303 e. The Balaban J connectivity index is 0.00000324. The number of anilines is 2. The van der Waals surface area contributed by atoms with Crippen molar-refractivity contribution in [1.82, 2.24) is 0 Å². The Morgan fingerprint density at radius 1 is 0.694 bits per heavy atom. The van der Waals surface area contributed by atoms with Crippen LogP contribution in [-0.2, 0) is 20.4 Å². The van der Waals surface area contributed by atoms with Gasteiger partial charge in [-0.15, -0.1) is 34.0 Å². The molecule has 8 heteroatoms. The molecule has 2 heterocycles. The van der Waals surface area contributed by atoms with Gasteiger partial charge in [-0.1, -0.05) is 40.5 Å². The van der Waals surface area contributed by atoms with Crippen LogP contribution >= 0.6 is 34.0 Å². The molecule has 0 aromatic heterocycles. The van der Waals surface area contributed by atoms with Gasteiger partial charge < -0.3 is 20.0 Å². The smallest absolute Gasteiger partial charge is 0.303 e. The molecule has 0 amide bonds. The summed E-state index contributed by atoms with van der Waals surface area (Å²) in [6.45, 7) is 15.9. The van der Waals surface area contributed by atoms with Crippen molar-refractivity contribution in [2.75, 3.05) is 22.9 Å². The fourth-order valence-electron chi connectivity index (χ4n) is 5.83. The molecular weight excluding hydrogens is 588 g/mol. The molecule has 0 saturated heterocycles. The van der Waals surface area contributed by atoms with Gasteiger partial charge in [0.15, 0.2) is 0 Å². The average molecular weight is 634 g/mol. The Hall–Kier alpha value is -1.28. The first kappa shape index (κ1) is 32.7. The molecule has 1 aromatic carbocycles. The molecule has 2 atom stereocenters. The van der Waals surface area contributed by atoms with Gasteiger partial charge in [0.1, 0.15) is 0 Å². The van der Waals surface area contributed by atoms with Crippen molar-refractivity contribution in [3.8, 4) is 0 Å². The number of fused-ring (bicyclic) bond motifs is 2. The highest BCUT2D eigenvalue weighted by Crippen LogP contribution is 2.53. The van der Waals surface area contributed by atoms with Gasteiger partial charge in [0.05, 0.1) is 0 Å². The van der Waals surface area contributed by atoms with Crippen LogP contribution in [0, 0.1) is 0 Å². The molecule has 0 aliphatic carbocycles. The first-order chi connectivity index (χ1) is 15.9. The fourth-order valence-corrected chi connectivity index (χ4v) is 5.83. The monoisotopic (exact) mass is 632 g/mol. The lowest BCUT2D eigenvalue weighted by Crippen LogP contribution is -2.40. The van der Waals surface area contributed by atoms with E-state index < -0.39 is 11.9 Å². The van der Waals surface area contributed by atoms with E-state index in [1.807, 2.05) is 0 Å². The van der Waals surface area contributed by atoms with Crippen molar-refractivity contribution >= 4 is 57.3 Å². The zero-order valence-corrected chi connectivity index (χ0v) is 26.2. The number of rotatable bonds is 12. The lowest BCUT2D eigenvalue weighted by molar-refractivity contribution is -0.138. The summed E-state index contributed by atoms with van der Waals surface area (Å²) >= 11 is 0. The predicted molar refractivity (Wildman–Crippen MR) is 159 cm³/mol. The number of unbranched alkanes of at least 4 members (excludes halogenated alkanes) is 4. The third kappa shape index (κ3) is 6.58. The van der Waals surface area contributed by atoms with Gasteiger partial charge in [0.2, 0.25) is 0 Å². The molecule has 6 nitrogen and oxygen atoms in total. The SMILES string of the molecule is Br.Br.CC1N(CCCCCC(=O)O)c2cc3c(cc2C1(C)C)N(CCCCCC(=O)O)C(C)C3(C)C. The van der Waals surface area contributed by atoms with Crippen molar-refractivity contribution in [3.05, 3.63) is 23.3 Å². The van der Waals surface area contributed by atoms with Gasteiger partial charge in [0.25, 0.3) is 0 Å². The third-order valence-electron chi connectivity index (χ3n) is 8.72. The van der Waals surface area contributed by atoms with E-state index in [-0.39, 0.29) is 57.6 Å². The van der Waals surface area contributed by atoms with Crippen LogP contribution in [0.2, 0.25) is 0 Å². The number of hydrogen-bond acceptors (Lipinski definition) is 4. The van der Waals surface area contributed by atoms with Crippen molar-refractivity contribution in [1.29, 1.82) is 0 Å². The molecule has 0 bridgehead atoms. The topological polar surface area (TPSA) is 81.1 Å². The van der Waals surface area contributed by atoms with E-state index in [1.165, 1.54) is 22.5 Å². The highest BCUT2D eigenvalue weighted by atomic mass is 79.9. The van der Waals surface area contributed by atoms with E-state index in [0.29, 0.717) is 12.1 Å². The van der Waals surface area contributed by atoms with Gasteiger partial charge in [-0.25, -0.2) is 0 Å². The maximum atomic E-state index is 10.8. The second-order valence-corrected chi connectivity index (χ2v) is 11.5. The number of hydrogen-bond donors (Lipinski definition) is 2. The van der Waals surface area contributed by atoms with E-state index in [1.54, 1.807) is 0 Å². The number of nitrogens with zero attached hydrogens (tertiary/aromatic N) is 2. The second-order valence-electron chi connectivity index (χ2n) is 11.5. The largest absolute Gasteiger partial charge is 0.481 e. The minimum atomic E-state index is -0.709. The fraction of sp³-hybridized carbons (Fsp3) is 0.714. The Morgan fingerprint density at radius 2 is 1.03 bits per heavy atom. The van der Waals surface area contributed by atoms with E-state index in [2.05, 4.69) is 63.5 Å². The summed E-state index contributed by atoms with van der Waals surface area (Å²) in [7, 11) is 0. The lowest BCUT2D eigenvalue weighted by atomic mass is 9.78. The van der Waals surface area contributed by atoms with Crippen LogP contribution in [0.3, 0.4) is 0 Å². The standard InChI is InChI=1S/C28H44N2O4.2BrH/c1-19-27(3,4)21-17-24-22(18-23(21)29(19)15-11-7-9-13-25(31)32)28(5,6)20(2)30(24)16-12-8-10-14-26(33)34;;/h17-20H,7-16H2,1-6H3,(H,31,32)(H,33,34);2*1H. The molecule has 0 radical (unpaired) electrons. The van der Waals surface area contributed by atoms with Crippen LogP contribution in [0.1, 0.15) is 104 Å². The number of halogens is 2. The summed E-state index contributed by atoms with van der Waals surface area (Å²) < 4.78 is 0. The molecule has 2 unspecified atom stereocenters. The summed E-state index contributed by atoms with van der Waals surface area (Å²) in [4.78, 5) is 26.8. The van der Waals surface area contributed by atoms with Crippen LogP contribution in [0.25, 0.3) is 0 Å². The second kappa shape index (κ2) is 13.0. The van der Waals surface area contributed by atoms with Crippen LogP contribution in [-0.4, -0.2) is 47.3 Å². The van der Waals surface area contributed by atoms with Crippen LogP contribution in [0.15, 0.2) is 12.1 Å². The first-order valence-electron chi connectivity index (χ1n) is 13.0. The highest BCUT2D eigenvalue weighted by Gasteiger charge is 2.47. The maximum absolute atomic E-state index is 10.8. The van der Waals surface area contributed by atoms with Gasteiger partial charge in [-0.05, 0) is 62.8 Å². The van der Waals surface area contributed by atoms with Gasteiger partial charge in [0, 0.05) is 60.2 Å². The summed E-state index contributed by atoms with van der Waals surface area (Å²) in [6.07, 6.45) is 5.88. The van der Waals surface area contributed by atoms with Crippen LogP contribution in [0.4, 0.5) is 11.4 Å². The minimum absolute atomic E-state index is 0. The minimum Gasteiger partial charge on any atom is -0.481 e. The van der Waals surface area contributed by atoms with Crippen molar-refractivity contribution in [3.63, 3.8) is 0 Å². The molecule has 2 aliphatic heterocycles. The van der Waals surface area contributed by atoms with Crippen molar-refractivity contribution in [2.45, 2.75) is 116 Å². The molecule has 3 rings (SSSR count). The van der Waals surface area contributed by atoms with Crippen LogP contribution < -0.4 is 9.80 Å². The zero-order valence-electron chi connectivity index (χ0n) is 22.8. The summed E-state index contributed by atoms with van der Waals surface area (Å²) in [6, 6.07) is 5.64. The quantitative estimate of drug-likeness (QED) is 0.239. The molecule has 1 aromatic rings. The van der Waals surface area contributed by atoms with E-state index >= 15 is 0 Å². The zero-order chi connectivity index (χ0) is 25.3.